The monoisotopic (exact) mass is 325 g/mol. The molecule has 0 saturated carbocycles. The second kappa shape index (κ2) is 6.16. The second-order valence-electron chi connectivity index (χ2n) is 5.66. The van der Waals surface area contributed by atoms with E-state index in [1.54, 1.807) is 11.3 Å². The van der Waals surface area contributed by atoms with Gasteiger partial charge in [0.05, 0.1) is 18.0 Å². The van der Waals surface area contributed by atoms with E-state index in [0.29, 0.717) is 5.15 Å². The largest absolute Gasteiger partial charge is 0.377 e. The van der Waals surface area contributed by atoms with Gasteiger partial charge in [0.1, 0.15) is 15.8 Å². The molecule has 4 nitrogen and oxygen atoms in total. The molecule has 1 unspecified atom stereocenters. The number of hydrogen-bond donors (Lipinski definition) is 0. The molecule has 2 aromatic rings. The van der Waals surface area contributed by atoms with Crippen molar-refractivity contribution in [2.24, 2.45) is 0 Å². The number of hydrogen-bond acceptors (Lipinski definition) is 5. The van der Waals surface area contributed by atoms with Crippen molar-refractivity contribution in [3.05, 3.63) is 21.4 Å². The molecule has 0 spiro atoms. The third-order valence-electron chi connectivity index (χ3n) is 3.93. The number of ether oxygens (including phenoxy) is 1. The Morgan fingerprint density at radius 3 is 3.00 bits per heavy atom. The van der Waals surface area contributed by atoms with E-state index in [1.165, 1.54) is 10.4 Å². The highest BCUT2D eigenvalue weighted by Gasteiger charge is 2.18. The lowest BCUT2D eigenvalue weighted by molar-refractivity contribution is 0.0665. The lowest BCUT2D eigenvalue weighted by Gasteiger charge is -2.20. The van der Waals surface area contributed by atoms with E-state index in [9.17, 15) is 0 Å². The Labute approximate surface area is 134 Å². The van der Waals surface area contributed by atoms with E-state index < -0.39 is 0 Å². The van der Waals surface area contributed by atoms with E-state index in [4.69, 9.17) is 21.3 Å². The van der Waals surface area contributed by atoms with Crippen molar-refractivity contribution in [1.82, 2.24) is 14.9 Å². The van der Waals surface area contributed by atoms with Crippen LogP contribution in [0.1, 0.15) is 29.6 Å². The first kappa shape index (κ1) is 15.2. The summed E-state index contributed by atoms with van der Waals surface area (Å²) in [7, 11) is 0. The van der Waals surface area contributed by atoms with Gasteiger partial charge in [-0.1, -0.05) is 11.6 Å². The molecule has 3 rings (SSSR count). The fourth-order valence-corrected chi connectivity index (χ4v) is 4.17. The Morgan fingerprint density at radius 1 is 1.38 bits per heavy atom. The minimum atomic E-state index is 0.262. The van der Waals surface area contributed by atoms with Gasteiger partial charge in [0.25, 0.3) is 0 Å². The lowest BCUT2D eigenvalue weighted by Crippen LogP contribution is -2.30. The molecular formula is C15H20ClN3OS. The number of rotatable bonds is 2. The first-order chi connectivity index (χ1) is 10.0. The maximum atomic E-state index is 6.37. The summed E-state index contributed by atoms with van der Waals surface area (Å²) >= 11 is 8.07. The van der Waals surface area contributed by atoms with Gasteiger partial charge >= 0.3 is 0 Å². The molecule has 21 heavy (non-hydrogen) atoms. The van der Waals surface area contributed by atoms with Crippen LogP contribution in [0.4, 0.5) is 0 Å². The SMILES string of the molecule is Cc1sc2nc(CN3CCCOC(C)C3)nc(Cl)c2c1C. The Kier molecular flexibility index (Phi) is 4.45. The average Bonchev–Trinajstić information content (AvgIpc) is 2.58. The van der Waals surface area contributed by atoms with Crippen LogP contribution >= 0.6 is 22.9 Å². The number of halogens is 1. The summed E-state index contributed by atoms with van der Waals surface area (Å²) in [6.07, 6.45) is 1.32. The fourth-order valence-electron chi connectivity index (χ4n) is 2.74. The molecule has 0 aromatic carbocycles. The van der Waals surface area contributed by atoms with Gasteiger partial charge in [-0.05, 0) is 32.8 Å². The molecule has 0 aliphatic carbocycles. The summed E-state index contributed by atoms with van der Waals surface area (Å²) in [5, 5.41) is 1.59. The third-order valence-corrected chi connectivity index (χ3v) is 5.31. The molecule has 0 N–H and O–H groups in total. The van der Waals surface area contributed by atoms with E-state index in [2.05, 4.69) is 30.7 Å². The fraction of sp³-hybridized carbons (Fsp3) is 0.600. The second-order valence-corrected chi connectivity index (χ2v) is 7.23. The number of aromatic nitrogens is 2. The van der Waals surface area contributed by atoms with Crippen molar-refractivity contribution in [2.75, 3.05) is 19.7 Å². The molecule has 6 heteroatoms. The average molecular weight is 326 g/mol. The molecule has 1 aliphatic rings. The minimum absolute atomic E-state index is 0.262. The number of fused-ring (bicyclic) bond motifs is 1. The van der Waals surface area contributed by atoms with Gasteiger partial charge in [0.2, 0.25) is 0 Å². The normalized spacial score (nSPS) is 20.9. The van der Waals surface area contributed by atoms with Crippen LogP contribution in [0.5, 0.6) is 0 Å². The Morgan fingerprint density at radius 2 is 2.19 bits per heavy atom. The molecule has 114 valence electrons. The highest BCUT2D eigenvalue weighted by Crippen LogP contribution is 2.33. The van der Waals surface area contributed by atoms with Crippen molar-refractivity contribution >= 4 is 33.2 Å². The van der Waals surface area contributed by atoms with Crippen molar-refractivity contribution in [1.29, 1.82) is 0 Å². The van der Waals surface area contributed by atoms with Crippen LogP contribution in [-0.2, 0) is 11.3 Å². The first-order valence-corrected chi connectivity index (χ1v) is 8.50. The van der Waals surface area contributed by atoms with Gasteiger partial charge < -0.3 is 4.74 Å². The highest BCUT2D eigenvalue weighted by atomic mass is 35.5. The zero-order chi connectivity index (χ0) is 15.0. The molecule has 0 radical (unpaired) electrons. The molecule has 2 aromatic heterocycles. The van der Waals surface area contributed by atoms with Gasteiger partial charge in [0, 0.05) is 24.6 Å². The van der Waals surface area contributed by atoms with E-state index >= 15 is 0 Å². The molecular weight excluding hydrogens is 306 g/mol. The smallest absolute Gasteiger partial charge is 0.145 e. The van der Waals surface area contributed by atoms with E-state index in [0.717, 1.165) is 48.7 Å². The van der Waals surface area contributed by atoms with Gasteiger partial charge in [-0.25, -0.2) is 9.97 Å². The van der Waals surface area contributed by atoms with Crippen molar-refractivity contribution in [3.8, 4) is 0 Å². The van der Waals surface area contributed by atoms with Crippen LogP contribution in [0.15, 0.2) is 0 Å². The first-order valence-electron chi connectivity index (χ1n) is 7.30. The predicted octanol–water partition coefficient (Wildman–Crippen LogP) is 3.57. The Balaban J connectivity index is 1.87. The van der Waals surface area contributed by atoms with Crippen LogP contribution in [0, 0.1) is 13.8 Å². The molecule has 3 heterocycles. The Bertz CT molecular complexity index is 658. The van der Waals surface area contributed by atoms with E-state index in [1.807, 2.05) is 0 Å². The maximum Gasteiger partial charge on any atom is 0.145 e. The summed E-state index contributed by atoms with van der Waals surface area (Å²) in [6.45, 7) is 9.80. The van der Waals surface area contributed by atoms with Crippen molar-refractivity contribution in [2.45, 2.75) is 39.8 Å². The van der Waals surface area contributed by atoms with Crippen LogP contribution in [0.2, 0.25) is 5.15 Å². The summed E-state index contributed by atoms with van der Waals surface area (Å²) in [5.74, 6) is 0.808. The molecule has 1 fully saturated rings. The highest BCUT2D eigenvalue weighted by molar-refractivity contribution is 7.18. The molecule has 1 saturated heterocycles. The standard InChI is InChI=1S/C15H20ClN3OS/c1-9-7-19(5-4-6-20-9)8-12-17-14(16)13-10(2)11(3)21-15(13)18-12/h9H,4-8H2,1-3H3. The number of aryl methyl sites for hydroxylation is 2. The minimum Gasteiger partial charge on any atom is -0.377 e. The van der Waals surface area contributed by atoms with Crippen LogP contribution < -0.4 is 0 Å². The van der Waals surface area contributed by atoms with Crippen molar-refractivity contribution in [3.63, 3.8) is 0 Å². The zero-order valence-corrected chi connectivity index (χ0v) is 14.2. The molecule has 1 atom stereocenters. The quantitative estimate of drug-likeness (QED) is 0.791. The summed E-state index contributed by atoms with van der Waals surface area (Å²) in [6, 6.07) is 0. The predicted molar refractivity (Wildman–Crippen MR) is 87.2 cm³/mol. The van der Waals surface area contributed by atoms with Gasteiger partial charge in [-0.2, -0.15) is 0 Å². The summed E-state index contributed by atoms with van der Waals surface area (Å²) in [5.41, 5.74) is 1.20. The number of nitrogens with zero attached hydrogens (tertiary/aromatic N) is 3. The summed E-state index contributed by atoms with van der Waals surface area (Å²) in [4.78, 5) is 13.8. The van der Waals surface area contributed by atoms with Gasteiger partial charge in [0.15, 0.2) is 0 Å². The van der Waals surface area contributed by atoms with Crippen LogP contribution in [-0.4, -0.2) is 40.7 Å². The number of thiophene rings is 1. The molecule has 1 aliphatic heterocycles. The maximum absolute atomic E-state index is 6.37. The van der Waals surface area contributed by atoms with Crippen LogP contribution in [0.25, 0.3) is 10.2 Å². The van der Waals surface area contributed by atoms with E-state index in [-0.39, 0.29) is 6.10 Å². The van der Waals surface area contributed by atoms with Gasteiger partial charge in [-0.3, -0.25) is 4.90 Å². The van der Waals surface area contributed by atoms with Crippen LogP contribution in [0.3, 0.4) is 0 Å². The van der Waals surface area contributed by atoms with Crippen molar-refractivity contribution < 1.29 is 4.74 Å². The molecule has 0 bridgehead atoms. The molecule has 0 amide bonds. The lowest BCUT2D eigenvalue weighted by atomic mass is 10.2. The zero-order valence-electron chi connectivity index (χ0n) is 12.6. The Hall–Kier alpha value is -0.750. The van der Waals surface area contributed by atoms with Gasteiger partial charge in [-0.15, -0.1) is 11.3 Å². The summed E-state index contributed by atoms with van der Waals surface area (Å²) < 4.78 is 5.68. The third kappa shape index (κ3) is 3.21. The topological polar surface area (TPSA) is 38.2 Å².